The Kier molecular flexibility index (Phi) is 9.75. The summed E-state index contributed by atoms with van der Waals surface area (Å²) in [6.45, 7) is 2.98. The molecule has 2 aliphatic rings. The number of carbonyl (C=O) groups excluding carboxylic acids is 3. The van der Waals surface area contributed by atoms with Crippen molar-refractivity contribution in [2.75, 3.05) is 37.9 Å². The highest BCUT2D eigenvalue weighted by molar-refractivity contribution is 8.14. The van der Waals surface area contributed by atoms with Gasteiger partial charge in [-0.1, -0.05) is 18.2 Å². The molecular weight excluding hydrogens is 526 g/mol. The maximum absolute atomic E-state index is 13.1. The number of nitrogens with zero attached hydrogens (tertiary/aromatic N) is 4. The summed E-state index contributed by atoms with van der Waals surface area (Å²) < 4.78 is 12.1. The Balaban J connectivity index is 1.49. The van der Waals surface area contributed by atoms with Crippen LogP contribution in [0.2, 0.25) is 0 Å². The van der Waals surface area contributed by atoms with Crippen molar-refractivity contribution in [2.45, 2.75) is 45.4 Å². The van der Waals surface area contributed by atoms with Gasteiger partial charge in [-0.15, -0.1) is 11.3 Å². The molecule has 2 aromatic rings. The van der Waals surface area contributed by atoms with Crippen molar-refractivity contribution in [2.24, 2.45) is 12.0 Å². The average Bonchev–Trinajstić information content (AvgIpc) is 3.48. The maximum atomic E-state index is 13.1. The summed E-state index contributed by atoms with van der Waals surface area (Å²) in [5.74, 6) is -0.846. The molecule has 3 heterocycles. The third-order valence-corrected chi connectivity index (χ3v) is 8.34. The average molecular weight is 560 g/mol. The molecule has 0 fully saturated rings. The Morgan fingerprint density at radius 3 is 2.82 bits per heavy atom. The van der Waals surface area contributed by atoms with Crippen molar-refractivity contribution in [1.82, 2.24) is 14.7 Å². The largest absolute Gasteiger partial charge is 0.462 e. The second-order valence-electron chi connectivity index (χ2n) is 9.00. The number of fused-ring (bicyclic) bond motifs is 1. The highest BCUT2D eigenvalue weighted by atomic mass is 32.2. The van der Waals surface area contributed by atoms with Crippen LogP contribution in [0.3, 0.4) is 0 Å². The van der Waals surface area contributed by atoms with Gasteiger partial charge in [0.2, 0.25) is 5.91 Å². The van der Waals surface area contributed by atoms with Gasteiger partial charge < -0.3 is 14.8 Å². The molecule has 38 heavy (non-hydrogen) atoms. The van der Waals surface area contributed by atoms with E-state index in [9.17, 15) is 14.4 Å². The monoisotopic (exact) mass is 559 g/mol. The zero-order valence-electron chi connectivity index (χ0n) is 21.9. The predicted molar refractivity (Wildman–Crippen MR) is 149 cm³/mol. The van der Waals surface area contributed by atoms with E-state index in [-0.39, 0.29) is 24.2 Å². The lowest BCUT2D eigenvalue weighted by molar-refractivity contribution is -0.122. The van der Waals surface area contributed by atoms with Crippen molar-refractivity contribution in [3.8, 4) is 0 Å². The second-order valence-corrected chi connectivity index (χ2v) is 11.0. The molecule has 2 aromatic heterocycles. The molecule has 10 nitrogen and oxygen atoms in total. The number of esters is 1. The molecule has 1 N–H and O–H groups in total. The zero-order valence-corrected chi connectivity index (χ0v) is 23.6. The van der Waals surface area contributed by atoms with Gasteiger partial charge in [0.15, 0.2) is 5.17 Å². The molecule has 0 saturated heterocycles. The summed E-state index contributed by atoms with van der Waals surface area (Å²) in [6.07, 6.45) is 10.7. The molecule has 0 radical (unpaired) electrons. The first-order valence-electron chi connectivity index (χ1n) is 12.7. The number of amidine groups is 1. The lowest BCUT2D eigenvalue weighted by atomic mass is 10.1. The lowest BCUT2D eigenvalue weighted by Gasteiger charge is -2.17. The molecule has 0 aromatic carbocycles. The first-order chi connectivity index (χ1) is 18.4. The van der Waals surface area contributed by atoms with Gasteiger partial charge in [-0.05, 0) is 50.7 Å². The van der Waals surface area contributed by atoms with Gasteiger partial charge in [0.1, 0.15) is 10.7 Å². The molecule has 204 valence electrons. The molecule has 0 spiro atoms. The number of hydrogen-bond acceptors (Lipinski definition) is 9. The van der Waals surface area contributed by atoms with Crippen LogP contribution in [0.15, 0.2) is 23.1 Å². The summed E-state index contributed by atoms with van der Waals surface area (Å²) in [4.78, 5) is 46.2. The van der Waals surface area contributed by atoms with Gasteiger partial charge in [-0.2, -0.15) is 5.10 Å². The van der Waals surface area contributed by atoms with Gasteiger partial charge in [-0.3, -0.25) is 19.2 Å². The van der Waals surface area contributed by atoms with E-state index in [4.69, 9.17) is 9.47 Å². The number of aryl methyl sites for hydroxylation is 2. The molecule has 12 heteroatoms. The summed E-state index contributed by atoms with van der Waals surface area (Å²) >= 11 is 2.66. The Labute approximate surface area is 230 Å². The van der Waals surface area contributed by atoms with Crippen LogP contribution in [0.1, 0.15) is 59.0 Å². The first kappa shape index (κ1) is 28.1. The smallest absolute Gasteiger partial charge is 0.341 e. The van der Waals surface area contributed by atoms with E-state index in [2.05, 4.69) is 15.4 Å². The first-order valence-corrected chi connectivity index (χ1v) is 14.6. The number of aromatic nitrogens is 2. The van der Waals surface area contributed by atoms with Crippen LogP contribution in [-0.4, -0.2) is 70.3 Å². The highest BCUT2D eigenvalue weighted by Gasteiger charge is 2.31. The number of hydrogen-bond donors (Lipinski definition) is 1. The number of rotatable bonds is 10. The standard InChI is InChI=1S/C26H33N5O5S2/c1-4-36-25(34)22-18-9-6-5-7-10-20(18)38-23(22)29-21(32)16-37-26-28-19(13-17-14-27-30(2)15-17)24(33)31(26)11-8-12-35-3/h13-15H,4-12,16H2,1-3H3,(H,29,32). The molecule has 0 atom stereocenters. The van der Waals surface area contributed by atoms with E-state index in [0.717, 1.165) is 48.1 Å². The normalized spacial score (nSPS) is 16.4. The third-order valence-electron chi connectivity index (χ3n) is 6.16. The number of anilines is 1. The third kappa shape index (κ3) is 6.72. The minimum Gasteiger partial charge on any atom is -0.462 e. The number of thiophene rings is 1. The molecule has 4 rings (SSSR count). The number of nitrogens with one attached hydrogen (secondary N) is 1. The van der Waals surface area contributed by atoms with E-state index >= 15 is 0 Å². The van der Waals surface area contributed by atoms with Gasteiger partial charge >= 0.3 is 5.97 Å². The predicted octanol–water partition coefficient (Wildman–Crippen LogP) is 3.87. The van der Waals surface area contributed by atoms with Crippen molar-refractivity contribution in [1.29, 1.82) is 0 Å². The Morgan fingerprint density at radius 1 is 1.26 bits per heavy atom. The molecule has 0 unspecified atom stereocenters. The zero-order chi connectivity index (χ0) is 27.1. The topological polar surface area (TPSA) is 115 Å². The second kappa shape index (κ2) is 13.2. The lowest BCUT2D eigenvalue weighted by Crippen LogP contribution is -2.32. The minimum atomic E-state index is -0.393. The molecule has 1 aliphatic heterocycles. The van der Waals surface area contributed by atoms with Crippen LogP contribution < -0.4 is 5.32 Å². The molecule has 2 amide bonds. The Hall–Kier alpha value is -2.96. The van der Waals surface area contributed by atoms with Crippen molar-refractivity contribution >= 4 is 57.1 Å². The number of thioether (sulfide) groups is 1. The van der Waals surface area contributed by atoms with Crippen molar-refractivity contribution in [3.05, 3.63) is 39.7 Å². The van der Waals surface area contributed by atoms with Crippen LogP contribution in [0.25, 0.3) is 6.08 Å². The van der Waals surface area contributed by atoms with Crippen molar-refractivity contribution < 1.29 is 23.9 Å². The number of carbonyl (C=O) groups is 3. The minimum absolute atomic E-state index is 0.0396. The molecule has 0 saturated carbocycles. The fourth-order valence-electron chi connectivity index (χ4n) is 4.42. The highest BCUT2D eigenvalue weighted by Crippen LogP contribution is 2.38. The summed E-state index contributed by atoms with van der Waals surface area (Å²) in [6, 6.07) is 0. The summed E-state index contributed by atoms with van der Waals surface area (Å²) in [5.41, 5.74) is 2.56. The van der Waals surface area contributed by atoms with Gasteiger partial charge in [0.25, 0.3) is 5.91 Å². The molecule has 0 bridgehead atoms. The number of methoxy groups -OCH3 is 1. The van der Waals surface area contributed by atoms with Gasteiger partial charge in [-0.25, -0.2) is 9.79 Å². The number of amides is 2. The SMILES string of the molecule is CCOC(=O)c1c(NC(=O)CSC2=NC(=Cc3cnn(C)c3)C(=O)N2CCCOC)sc2c1CCCCC2. The van der Waals surface area contributed by atoms with E-state index < -0.39 is 5.97 Å². The number of ether oxygens (including phenoxy) is 2. The Morgan fingerprint density at radius 2 is 2.08 bits per heavy atom. The van der Waals surface area contributed by atoms with Crippen molar-refractivity contribution in [3.63, 3.8) is 0 Å². The summed E-state index contributed by atoms with van der Waals surface area (Å²) in [7, 11) is 3.42. The fraction of sp³-hybridized carbons (Fsp3) is 0.500. The van der Waals surface area contributed by atoms with E-state index in [0.29, 0.717) is 41.0 Å². The maximum Gasteiger partial charge on any atom is 0.341 e. The fourth-order valence-corrected chi connectivity index (χ4v) is 6.54. The summed E-state index contributed by atoms with van der Waals surface area (Å²) in [5, 5.41) is 8.07. The van der Waals surface area contributed by atoms with E-state index in [1.54, 1.807) is 49.1 Å². The van der Waals surface area contributed by atoms with Crippen LogP contribution in [0.4, 0.5) is 5.00 Å². The van der Waals surface area contributed by atoms with Crippen LogP contribution in [-0.2, 0) is 39.0 Å². The van der Waals surface area contributed by atoms with E-state index in [1.807, 2.05) is 0 Å². The van der Waals surface area contributed by atoms with E-state index in [1.165, 1.54) is 23.1 Å². The van der Waals surface area contributed by atoms with Crippen LogP contribution >= 0.6 is 23.1 Å². The van der Waals surface area contributed by atoms with Crippen LogP contribution in [0.5, 0.6) is 0 Å². The molecular formula is C26H33N5O5S2. The van der Waals surface area contributed by atoms with Gasteiger partial charge in [0, 0.05) is 43.9 Å². The molecule has 1 aliphatic carbocycles. The number of aliphatic imine (C=N–C) groups is 1. The quantitative estimate of drug-likeness (QED) is 0.203. The van der Waals surface area contributed by atoms with Crippen LogP contribution in [0, 0.1) is 0 Å². The Bertz CT molecular complexity index is 1250. The van der Waals surface area contributed by atoms with Gasteiger partial charge in [0.05, 0.1) is 24.1 Å².